The molecule has 2 heterocycles. The molecule has 2 N–H and O–H groups in total. The van der Waals surface area contributed by atoms with Crippen molar-refractivity contribution < 1.29 is 19.7 Å². The summed E-state index contributed by atoms with van der Waals surface area (Å²) in [7, 11) is 0. The van der Waals surface area contributed by atoms with Gasteiger partial charge in [-0.1, -0.05) is 12.8 Å². The van der Waals surface area contributed by atoms with E-state index < -0.39 is 12.2 Å². The van der Waals surface area contributed by atoms with Crippen LogP contribution in [0.15, 0.2) is 24.3 Å². The lowest BCUT2D eigenvalue weighted by Crippen LogP contribution is -2.48. The minimum atomic E-state index is -0.511. The summed E-state index contributed by atoms with van der Waals surface area (Å²) in [5.41, 5.74) is 0. The number of rotatable bonds is 10. The molecule has 2 aliphatic rings. The van der Waals surface area contributed by atoms with E-state index in [1.165, 1.54) is 38.5 Å². The molecule has 32 heavy (non-hydrogen) atoms. The van der Waals surface area contributed by atoms with E-state index in [1.54, 1.807) is 0 Å². The van der Waals surface area contributed by atoms with Crippen LogP contribution >= 0.6 is 0 Å². The summed E-state index contributed by atoms with van der Waals surface area (Å²) in [6.07, 6.45) is 6.32. The van der Waals surface area contributed by atoms with Crippen LogP contribution in [0.5, 0.6) is 11.5 Å². The van der Waals surface area contributed by atoms with Gasteiger partial charge in [0.2, 0.25) is 0 Å². The summed E-state index contributed by atoms with van der Waals surface area (Å²) in [6.45, 7) is 10.8. The Labute approximate surface area is 194 Å². The first-order chi connectivity index (χ1) is 15.3. The number of benzene rings is 1. The maximum absolute atomic E-state index is 10.4. The van der Waals surface area contributed by atoms with Gasteiger partial charge in [0.15, 0.2) is 0 Å². The Morgan fingerprint density at radius 3 is 1.31 bits per heavy atom. The van der Waals surface area contributed by atoms with Crippen molar-refractivity contribution in [1.82, 2.24) is 9.80 Å². The van der Waals surface area contributed by atoms with Crippen molar-refractivity contribution in [2.45, 2.75) is 103 Å². The van der Waals surface area contributed by atoms with E-state index in [0.29, 0.717) is 48.8 Å². The molecule has 0 unspecified atom stereocenters. The zero-order valence-electron chi connectivity index (χ0n) is 20.4. The maximum Gasteiger partial charge on any atom is 0.119 e. The first-order valence-corrected chi connectivity index (χ1v) is 12.6. The van der Waals surface area contributed by atoms with E-state index in [-0.39, 0.29) is 13.2 Å². The van der Waals surface area contributed by atoms with Gasteiger partial charge in [-0.2, -0.15) is 0 Å². The number of ether oxygens (including phenoxy) is 2. The highest BCUT2D eigenvalue weighted by Gasteiger charge is 2.27. The third-order valence-corrected chi connectivity index (χ3v) is 7.30. The number of β-amino-alcohol motifs (C(OH)–C–C–N with tert-alkyl or cyclic N) is 2. The van der Waals surface area contributed by atoms with Gasteiger partial charge in [0.05, 0.1) is 0 Å². The summed E-state index contributed by atoms with van der Waals surface area (Å²) >= 11 is 0. The van der Waals surface area contributed by atoms with Crippen LogP contribution < -0.4 is 9.47 Å². The molecule has 0 radical (unpaired) electrons. The second kappa shape index (κ2) is 12.2. The Morgan fingerprint density at radius 2 is 1.00 bits per heavy atom. The number of nitrogens with zero attached hydrogens (tertiary/aromatic N) is 2. The van der Waals surface area contributed by atoms with Crippen molar-refractivity contribution in [2.24, 2.45) is 0 Å². The second-order valence-electron chi connectivity index (χ2n) is 10.1. The minimum Gasteiger partial charge on any atom is -0.491 e. The van der Waals surface area contributed by atoms with Crippen LogP contribution in [-0.2, 0) is 0 Å². The van der Waals surface area contributed by atoms with Crippen LogP contribution in [-0.4, -0.2) is 82.7 Å². The first-order valence-electron chi connectivity index (χ1n) is 12.6. The van der Waals surface area contributed by atoms with Crippen molar-refractivity contribution >= 4 is 0 Å². The van der Waals surface area contributed by atoms with E-state index >= 15 is 0 Å². The highest BCUT2D eigenvalue weighted by atomic mass is 16.5. The summed E-state index contributed by atoms with van der Waals surface area (Å²) in [5, 5.41) is 20.9. The summed E-state index contributed by atoms with van der Waals surface area (Å²) in [5.74, 6) is 1.43. The molecule has 1 aromatic rings. The molecule has 0 spiro atoms. The predicted octanol–water partition coefficient (Wildman–Crippen LogP) is 3.69. The number of hydrogen-bond donors (Lipinski definition) is 2. The third-order valence-electron chi connectivity index (χ3n) is 7.30. The van der Waals surface area contributed by atoms with Gasteiger partial charge in [-0.05, 0) is 77.6 Å². The topological polar surface area (TPSA) is 65.4 Å². The molecule has 1 aromatic carbocycles. The van der Waals surface area contributed by atoms with E-state index in [1.807, 2.05) is 24.3 Å². The molecule has 182 valence electrons. The van der Waals surface area contributed by atoms with Gasteiger partial charge in [-0.15, -0.1) is 0 Å². The summed E-state index contributed by atoms with van der Waals surface area (Å²) in [6, 6.07) is 9.49. The van der Waals surface area contributed by atoms with Crippen LogP contribution in [0, 0.1) is 0 Å². The molecule has 0 amide bonds. The lowest BCUT2D eigenvalue weighted by Gasteiger charge is -2.40. The van der Waals surface area contributed by atoms with Crippen molar-refractivity contribution in [2.75, 3.05) is 26.3 Å². The van der Waals surface area contributed by atoms with Crippen molar-refractivity contribution in [1.29, 1.82) is 0 Å². The van der Waals surface area contributed by atoms with Gasteiger partial charge in [0.1, 0.15) is 36.9 Å². The van der Waals surface area contributed by atoms with Gasteiger partial charge < -0.3 is 19.7 Å². The Morgan fingerprint density at radius 1 is 0.688 bits per heavy atom. The molecule has 2 aliphatic heterocycles. The molecule has 3 rings (SSSR count). The van der Waals surface area contributed by atoms with Crippen LogP contribution in [0.1, 0.15) is 66.2 Å². The maximum atomic E-state index is 10.4. The highest BCUT2D eigenvalue weighted by molar-refractivity contribution is 5.31. The molecule has 6 atom stereocenters. The van der Waals surface area contributed by atoms with Crippen LogP contribution in [0.2, 0.25) is 0 Å². The van der Waals surface area contributed by atoms with E-state index in [9.17, 15) is 10.2 Å². The zero-order valence-corrected chi connectivity index (χ0v) is 20.4. The average Bonchev–Trinajstić information content (AvgIpc) is 2.77. The fourth-order valence-corrected chi connectivity index (χ4v) is 5.28. The zero-order chi connectivity index (χ0) is 23.1. The van der Waals surface area contributed by atoms with Crippen LogP contribution in [0.3, 0.4) is 0 Å². The normalized spacial score (nSPS) is 29.4. The first kappa shape index (κ1) is 25.3. The monoisotopic (exact) mass is 448 g/mol. The molecule has 6 heteroatoms. The van der Waals surface area contributed by atoms with Crippen molar-refractivity contribution in [3.05, 3.63) is 24.3 Å². The Hall–Kier alpha value is -1.34. The van der Waals surface area contributed by atoms with Gasteiger partial charge in [-0.3, -0.25) is 9.80 Å². The SMILES string of the molecule is C[C@H]1CCC[C@H](C)N1C[C@@H](O)COc1ccc(OC[C@H](O)CN2[C@@H](C)CCC[C@@H]2C)cc1. The standard InChI is InChI=1S/C26H44N2O4/c1-19-7-5-8-20(2)27(19)15-23(29)17-31-25-11-13-26(14-12-25)32-18-24(30)16-28-21(3)9-6-10-22(28)4/h11-14,19-24,29-30H,5-10,15-18H2,1-4H3/t19-,20-,21-,22-,23+,24+/m0/s1. The van der Waals surface area contributed by atoms with Gasteiger partial charge >= 0.3 is 0 Å². The molecule has 0 bridgehead atoms. The molecule has 2 fully saturated rings. The minimum absolute atomic E-state index is 0.279. The largest absolute Gasteiger partial charge is 0.491 e. The average molecular weight is 449 g/mol. The number of hydrogen-bond acceptors (Lipinski definition) is 6. The molecule has 0 aromatic heterocycles. The quantitative estimate of drug-likeness (QED) is 0.569. The second-order valence-corrected chi connectivity index (χ2v) is 10.1. The smallest absolute Gasteiger partial charge is 0.119 e. The molecule has 2 saturated heterocycles. The Balaban J connectivity index is 1.38. The fourth-order valence-electron chi connectivity index (χ4n) is 5.28. The fraction of sp³-hybridized carbons (Fsp3) is 0.769. The third kappa shape index (κ3) is 7.34. The summed E-state index contributed by atoms with van der Waals surface area (Å²) < 4.78 is 11.6. The van der Waals surface area contributed by atoms with E-state index in [4.69, 9.17) is 9.47 Å². The van der Waals surface area contributed by atoms with Gasteiger partial charge in [0.25, 0.3) is 0 Å². The number of aliphatic hydroxyl groups is 2. The summed E-state index contributed by atoms with van der Waals surface area (Å²) in [4.78, 5) is 4.79. The predicted molar refractivity (Wildman–Crippen MR) is 128 cm³/mol. The van der Waals surface area contributed by atoms with E-state index in [0.717, 1.165) is 0 Å². The van der Waals surface area contributed by atoms with Crippen LogP contribution in [0.4, 0.5) is 0 Å². The van der Waals surface area contributed by atoms with Gasteiger partial charge in [0, 0.05) is 37.3 Å². The molecular formula is C26H44N2O4. The Bertz CT molecular complexity index is 593. The van der Waals surface area contributed by atoms with E-state index in [2.05, 4.69) is 37.5 Å². The Kier molecular flexibility index (Phi) is 9.65. The number of likely N-dealkylation sites (tertiary alicyclic amines) is 2. The van der Waals surface area contributed by atoms with Crippen LogP contribution in [0.25, 0.3) is 0 Å². The highest BCUT2D eigenvalue weighted by Crippen LogP contribution is 2.24. The lowest BCUT2D eigenvalue weighted by atomic mass is 9.97. The van der Waals surface area contributed by atoms with Gasteiger partial charge in [-0.25, -0.2) is 0 Å². The number of piperidine rings is 2. The number of aliphatic hydroxyl groups excluding tert-OH is 2. The molecule has 0 aliphatic carbocycles. The molecule has 0 saturated carbocycles. The lowest BCUT2D eigenvalue weighted by molar-refractivity contribution is 0.0202. The van der Waals surface area contributed by atoms with Crippen molar-refractivity contribution in [3.8, 4) is 11.5 Å². The molecular weight excluding hydrogens is 404 g/mol. The molecule has 6 nitrogen and oxygen atoms in total. The van der Waals surface area contributed by atoms with Crippen molar-refractivity contribution in [3.63, 3.8) is 0 Å².